The lowest BCUT2D eigenvalue weighted by atomic mass is 9.98. The zero-order valence-electron chi connectivity index (χ0n) is 18.7. The van der Waals surface area contributed by atoms with E-state index in [0.29, 0.717) is 6.42 Å². The standard InChI is InChI=1S/C24H31N5O4/c1-18(30)29(21(31)14-13-19-9-4-2-5-10-19)24(22(32)33,15-8-16-27-23(25)26)28-17-20-11-6-3-7-12-20/h2-7,9-12,28H,8,13-17H2,1H3,(H,32,33)(H4,25,26,27)/t24-/m0/s1. The molecule has 1 atom stereocenters. The van der Waals surface area contributed by atoms with Crippen molar-refractivity contribution in [3.8, 4) is 0 Å². The molecule has 2 aromatic rings. The molecule has 0 spiro atoms. The molecule has 0 bridgehead atoms. The summed E-state index contributed by atoms with van der Waals surface area (Å²) in [7, 11) is 0. The van der Waals surface area contributed by atoms with Crippen molar-refractivity contribution in [3.05, 3.63) is 71.8 Å². The normalized spacial score (nSPS) is 12.4. The van der Waals surface area contributed by atoms with Crippen molar-refractivity contribution in [2.24, 2.45) is 16.5 Å². The number of carbonyl (C=O) groups excluding carboxylic acids is 2. The Hall–Kier alpha value is -3.72. The van der Waals surface area contributed by atoms with Gasteiger partial charge in [-0.25, -0.2) is 4.79 Å². The average Bonchev–Trinajstić information content (AvgIpc) is 2.79. The summed E-state index contributed by atoms with van der Waals surface area (Å²) in [4.78, 5) is 43.2. The molecule has 0 unspecified atom stereocenters. The summed E-state index contributed by atoms with van der Waals surface area (Å²) in [5.74, 6) is -2.67. The van der Waals surface area contributed by atoms with E-state index in [2.05, 4.69) is 10.3 Å². The van der Waals surface area contributed by atoms with Gasteiger partial charge in [-0.3, -0.25) is 24.8 Å². The molecule has 6 N–H and O–H groups in total. The van der Waals surface area contributed by atoms with Gasteiger partial charge in [-0.1, -0.05) is 60.7 Å². The van der Waals surface area contributed by atoms with Gasteiger partial charge in [0.2, 0.25) is 11.8 Å². The Morgan fingerprint density at radius 1 is 1.00 bits per heavy atom. The summed E-state index contributed by atoms with van der Waals surface area (Å²) in [6, 6.07) is 18.5. The van der Waals surface area contributed by atoms with Crippen LogP contribution in [0.4, 0.5) is 0 Å². The van der Waals surface area contributed by atoms with E-state index in [1.54, 1.807) is 0 Å². The molecule has 0 aliphatic heterocycles. The molecule has 0 saturated carbocycles. The first-order valence-corrected chi connectivity index (χ1v) is 10.7. The van der Waals surface area contributed by atoms with Gasteiger partial charge in [-0.2, -0.15) is 0 Å². The summed E-state index contributed by atoms with van der Waals surface area (Å²) in [6.07, 6.45) is 0.537. The van der Waals surface area contributed by atoms with Gasteiger partial charge in [0.1, 0.15) is 0 Å². The lowest BCUT2D eigenvalue weighted by Gasteiger charge is -2.39. The Kier molecular flexibility index (Phi) is 9.56. The van der Waals surface area contributed by atoms with Crippen molar-refractivity contribution in [2.75, 3.05) is 6.54 Å². The van der Waals surface area contributed by atoms with E-state index in [0.717, 1.165) is 16.0 Å². The van der Waals surface area contributed by atoms with Crippen LogP contribution in [0.3, 0.4) is 0 Å². The van der Waals surface area contributed by atoms with Crippen molar-refractivity contribution in [3.63, 3.8) is 0 Å². The highest BCUT2D eigenvalue weighted by Crippen LogP contribution is 2.23. The number of carboxylic acid groups (broad SMARTS) is 1. The van der Waals surface area contributed by atoms with Crippen LogP contribution in [-0.4, -0.2) is 46.0 Å². The number of nitrogens with one attached hydrogen (secondary N) is 1. The first-order chi connectivity index (χ1) is 15.8. The number of imide groups is 1. The van der Waals surface area contributed by atoms with Gasteiger partial charge < -0.3 is 16.6 Å². The maximum atomic E-state index is 13.2. The molecule has 9 nitrogen and oxygen atoms in total. The third-order valence-electron chi connectivity index (χ3n) is 5.19. The predicted octanol–water partition coefficient (Wildman–Crippen LogP) is 1.62. The molecule has 9 heteroatoms. The molecule has 2 rings (SSSR count). The van der Waals surface area contributed by atoms with Crippen molar-refractivity contribution < 1.29 is 19.5 Å². The Labute approximate surface area is 193 Å². The van der Waals surface area contributed by atoms with Crippen molar-refractivity contribution >= 4 is 23.7 Å². The SMILES string of the molecule is CC(=O)N(C(=O)CCc1ccccc1)[C@](CCCN=C(N)N)(NCc1ccccc1)C(=O)O. The van der Waals surface area contributed by atoms with Gasteiger partial charge >= 0.3 is 5.97 Å². The molecule has 33 heavy (non-hydrogen) atoms. The van der Waals surface area contributed by atoms with E-state index in [9.17, 15) is 19.5 Å². The number of carbonyl (C=O) groups is 3. The fourth-order valence-electron chi connectivity index (χ4n) is 3.61. The number of aliphatic carboxylic acids is 1. The average molecular weight is 454 g/mol. The second-order valence-electron chi connectivity index (χ2n) is 7.65. The van der Waals surface area contributed by atoms with Crippen molar-refractivity contribution in [1.82, 2.24) is 10.2 Å². The van der Waals surface area contributed by atoms with E-state index in [1.165, 1.54) is 6.92 Å². The second-order valence-corrected chi connectivity index (χ2v) is 7.65. The van der Waals surface area contributed by atoms with Gasteiger partial charge in [-0.05, 0) is 30.4 Å². The molecule has 0 radical (unpaired) electrons. The van der Waals surface area contributed by atoms with Crippen LogP contribution in [0.1, 0.15) is 37.3 Å². The molecule has 0 aliphatic carbocycles. The van der Waals surface area contributed by atoms with Crippen LogP contribution in [0.15, 0.2) is 65.7 Å². The zero-order valence-corrected chi connectivity index (χ0v) is 18.7. The second kappa shape index (κ2) is 12.4. The summed E-state index contributed by atoms with van der Waals surface area (Å²) in [5, 5.41) is 13.2. The van der Waals surface area contributed by atoms with Crippen LogP contribution < -0.4 is 16.8 Å². The molecule has 2 amide bonds. The maximum absolute atomic E-state index is 13.2. The number of aliphatic imine (C=N–C) groups is 1. The summed E-state index contributed by atoms with van der Waals surface area (Å²) >= 11 is 0. The third kappa shape index (κ3) is 7.43. The van der Waals surface area contributed by atoms with Crippen LogP contribution in [0.25, 0.3) is 0 Å². The number of hydrogen-bond donors (Lipinski definition) is 4. The monoisotopic (exact) mass is 453 g/mol. The number of rotatable bonds is 12. The van der Waals surface area contributed by atoms with Crippen LogP contribution in [0.5, 0.6) is 0 Å². The van der Waals surface area contributed by atoms with Crippen molar-refractivity contribution in [1.29, 1.82) is 0 Å². The lowest BCUT2D eigenvalue weighted by Crippen LogP contribution is -2.67. The Balaban J connectivity index is 2.33. The smallest absolute Gasteiger partial charge is 0.345 e. The van der Waals surface area contributed by atoms with Gasteiger partial charge in [-0.15, -0.1) is 0 Å². The highest BCUT2D eigenvalue weighted by Gasteiger charge is 2.48. The topological polar surface area (TPSA) is 151 Å². The highest BCUT2D eigenvalue weighted by molar-refractivity contribution is 6.00. The molecular formula is C24H31N5O4. The van der Waals surface area contributed by atoms with Crippen LogP contribution in [0, 0.1) is 0 Å². The number of guanidine groups is 1. The van der Waals surface area contributed by atoms with Gasteiger partial charge in [0.15, 0.2) is 11.6 Å². The summed E-state index contributed by atoms with van der Waals surface area (Å²) in [5.41, 5.74) is 10.5. The number of nitrogens with two attached hydrogens (primary N) is 2. The number of carboxylic acids is 1. The Morgan fingerprint density at radius 3 is 2.09 bits per heavy atom. The number of hydrogen-bond acceptors (Lipinski definition) is 5. The van der Waals surface area contributed by atoms with Crippen LogP contribution in [0.2, 0.25) is 0 Å². The molecule has 0 fully saturated rings. The van der Waals surface area contributed by atoms with E-state index in [4.69, 9.17) is 11.5 Å². The molecule has 0 aromatic heterocycles. The van der Waals surface area contributed by atoms with E-state index in [1.807, 2.05) is 60.7 Å². The fraction of sp³-hybridized carbons (Fsp3) is 0.333. The third-order valence-corrected chi connectivity index (χ3v) is 5.19. The number of aryl methyl sites for hydroxylation is 1. The van der Waals surface area contributed by atoms with Gasteiger partial charge in [0.25, 0.3) is 0 Å². The van der Waals surface area contributed by atoms with Gasteiger partial charge in [0, 0.05) is 26.4 Å². The van der Waals surface area contributed by atoms with Crippen LogP contribution in [-0.2, 0) is 27.3 Å². The number of nitrogens with zero attached hydrogens (tertiary/aromatic N) is 2. The highest BCUT2D eigenvalue weighted by atomic mass is 16.4. The van der Waals surface area contributed by atoms with Crippen LogP contribution >= 0.6 is 0 Å². The lowest BCUT2D eigenvalue weighted by molar-refractivity contribution is -0.169. The Bertz CT molecular complexity index is 961. The zero-order chi connectivity index (χ0) is 24.3. The molecule has 0 aliphatic rings. The molecular weight excluding hydrogens is 422 g/mol. The largest absolute Gasteiger partial charge is 0.478 e. The van der Waals surface area contributed by atoms with E-state index >= 15 is 0 Å². The summed E-state index contributed by atoms with van der Waals surface area (Å²) in [6.45, 7) is 1.50. The first kappa shape index (κ1) is 25.5. The minimum absolute atomic E-state index is 0.0143. The van der Waals surface area contributed by atoms with Crippen molar-refractivity contribution in [2.45, 2.75) is 44.8 Å². The van der Waals surface area contributed by atoms with E-state index in [-0.39, 0.29) is 38.3 Å². The number of amides is 2. The molecule has 0 saturated heterocycles. The molecule has 0 heterocycles. The Morgan fingerprint density at radius 2 is 1.58 bits per heavy atom. The minimum atomic E-state index is -1.95. The molecule has 2 aromatic carbocycles. The summed E-state index contributed by atoms with van der Waals surface area (Å²) < 4.78 is 0. The minimum Gasteiger partial charge on any atom is -0.478 e. The number of benzene rings is 2. The maximum Gasteiger partial charge on any atom is 0.345 e. The first-order valence-electron chi connectivity index (χ1n) is 10.7. The molecule has 176 valence electrons. The quantitative estimate of drug-likeness (QED) is 0.165. The fourth-order valence-corrected chi connectivity index (χ4v) is 3.61. The van der Waals surface area contributed by atoms with E-state index < -0.39 is 23.4 Å². The van der Waals surface area contributed by atoms with Gasteiger partial charge in [0.05, 0.1) is 0 Å². The predicted molar refractivity (Wildman–Crippen MR) is 126 cm³/mol.